The summed E-state index contributed by atoms with van der Waals surface area (Å²) in [5.74, 6) is 0.939. The third kappa shape index (κ3) is 5.45. The fourth-order valence-electron chi connectivity index (χ4n) is 1.78. The van der Waals surface area contributed by atoms with Crippen molar-refractivity contribution in [2.75, 3.05) is 13.2 Å². The maximum Gasteiger partial charge on any atom is 0.119 e. The van der Waals surface area contributed by atoms with Gasteiger partial charge in [0, 0.05) is 11.0 Å². The molecule has 0 unspecified atom stereocenters. The van der Waals surface area contributed by atoms with E-state index in [2.05, 4.69) is 39.4 Å². The Bertz CT molecular complexity index is 487. The van der Waals surface area contributed by atoms with Gasteiger partial charge in [-0.2, -0.15) is 0 Å². The topological polar surface area (TPSA) is 21.3 Å². The first kappa shape index (κ1) is 14.1. The Morgan fingerprint density at radius 1 is 1.00 bits per heavy atom. The highest BCUT2D eigenvalue weighted by Gasteiger charge is 1.95. The van der Waals surface area contributed by atoms with Crippen LogP contribution in [-0.4, -0.2) is 13.2 Å². The molecule has 100 valence electrons. The molecule has 0 amide bonds. The standard InChI is InChI=1S/C16H18BrNO/c17-15-7-4-6-14(12-15)13-18-10-5-11-19-16-8-2-1-3-9-16/h1-4,6-9,12,18H,5,10-11,13H2. The zero-order chi connectivity index (χ0) is 13.3. The molecule has 0 aromatic heterocycles. The molecule has 0 fully saturated rings. The fourth-order valence-corrected chi connectivity index (χ4v) is 2.23. The molecule has 2 rings (SSSR count). The predicted molar refractivity (Wildman–Crippen MR) is 82.4 cm³/mol. The Labute approximate surface area is 122 Å². The van der Waals surface area contributed by atoms with Crippen molar-refractivity contribution in [2.24, 2.45) is 0 Å². The van der Waals surface area contributed by atoms with Crippen LogP contribution in [0.5, 0.6) is 5.75 Å². The predicted octanol–water partition coefficient (Wildman–Crippen LogP) is 4.01. The number of ether oxygens (including phenoxy) is 1. The molecular formula is C16H18BrNO. The van der Waals surface area contributed by atoms with Crippen LogP contribution in [0.15, 0.2) is 59.1 Å². The lowest BCUT2D eigenvalue weighted by molar-refractivity contribution is 0.308. The molecule has 0 saturated heterocycles. The smallest absolute Gasteiger partial charge is 0.119 e. The summed E-state index contributed by atoms with van der Waals surface area (Å²) >= 11 is 3.47. The molecule has 0 saturated carbocycles. The summed E-state index contributed by atoms with van der Waals surface area (Å²) in [5, 5.41) is 3.41. The largest absolute Gasteiger partial charge is 0.494 e. The number of rotatable bonds is 7. The molecule has 0 aliphatic rings. The summed E-state index contributed by atoms with van der Waals surface area (Å²) in [6.45, 7) is 2.60. The van der Waals surface area contributed by atoms with Crippen LogP contribution < -0.4 is 10.1 Å². The average molecular weight is 320 g/mol. The van der Waals surface area contributed by atoms with Crippen LogP contribution >= 0.6 is 15.9 Å². The van der Waals surface area contributed by atoms with Gasteiger partial charge >= 0.3 is 0 Å². The van der Waals surface area contributed by atoms with Crippen molar-refractivity contribution in [3.05, 3.63) is 64.6 Å². The van der Waals surface area contributed by atoms with Gasteiger partial charge in [0.1, 0.15) is 5.75 Å². The molecule has 1 N–H and O–H groups in total. The molecule has 3 heteroatoms. The Kier molecular flexibility index (Phi) is 5.92. The third-order valence-corrected chi connectivity index (χ3v) is 3.22. The number of hydrogen-bond donors (Lipinski definition) is 1. The van der Waals surface area contributed by atoms with Crippen molar-refractivity contribution < 1.29 is 4.74 Å². The van der Waals surface area contributed by atoms with Crippen molar-refractivity contribution in [1.29, 1.82) is 0 Å². The molecule has 2 nitrogen and oxygen atoms in total. The lowest BCUT2D eigenvalue weighted by Crippen LogP contribution is -2.17. The zero-order valence-corrected chi connectivity index (χ0v) is 12.4. The van der Waals surface area contributed by atoms with Crippen molar-refractivity contribution in [3.63, 3.8) is 0 Å². The van der Waals surface area contributed by atoms with Crippen molar-refractivity contribution >= 4 is 15.9 Å². The van der Waals surface area contributed by atoms with E-state index >= 15 is 0 Å². The van der Waals surface area contributed by atoms with Gasteiger partial charge in [0.15, 0.2) is 0 Å². The van der Waals surface area contributed by atoms with Crippen LogP contribution in [-0.2, 0) is 6.54 Å². The molecule has 0 aliphatic carbocycles. The molecule has 2 aromatic rings. The second-order valence-electron chi connectivity index (χ2n) is 4.32. The molecule has 0 aliphatic heterocycles. The minimum atomic E-state index is 0.746. The van der Waals surface area contributed by atoms with Gasteiger partial charge in [-0.3, -0.25) is 0 Å². The quantitative estimate of drug-likeness (QED) is 0.779. The van der Waals surface area contributed by atoms with Crippen LogP contribution in [0.3, 0.4) is 0 Å². The van der Waals surface area contributed by atoms with Crippen molar-refractivity contribution in [1.82, 2.24) is 5.32 Å². The average Bonchev–Trinajstić information content (AvgIpc) is 2.44. The van der Waals surface area contributed by atoms with E-state index in [1.807, 2.05) is 36.4 Å². The van der Waals surface area contributed by atoms with E-state index in [9.17, 15) is 0 Å². The van der Waals surface area contributed by atoms with E-state index in [1.54, 1.807) is 0 Å². The van der Waals surface area contributed by atoms with E-state index in [0.29, 0.717) is 0 Å². The zero-order valence-electron chi connectivity index (χ0n) is 10.8. The molecule has 0 bridgehead atoms. The van der Waals surface area contributed by atoms with E-state index in [1.165, 1.54) is 5.56 Å². The van der Waals surface area contributed by atoms with Gasteiger partial charge in [-0.1, -0.05) is 46.3 Å². The first-order valence-corrected chi connectivity index (χ1v) is 7.27. The summed E-state index contributed by atoms with van der Waals surface area (Å²) in [4.78, 5) is 0. The maximum atomic E-state index is 5.63. The molecule has 2 aromatic carbocycles. The normalized spacial score (nSPS) is 10.4. The van der Waals surface area contributed by atoms with Gasteiger partial charge in [-0.25, -0.2) is 0 Å². The summed E-state index contributed by atoms with van der Waals surface area (Å²) in [6, 6.07) is 18.3. The molecule has 0 spiro atoms. The summed E-state index contributed by atoms with van der Waals surface area (Å²) in [6.07, 6.45) is 1.00. The highest BCUT2D eigenvalue weighted by atomic mass is 79.9. The van der Waals surface area contributed by atoms with Crippen LogP contribution in [0.4, 0.5) is 0 Å². The van der Waals surface area contributed by atoms with Crippen LogP contribution in [0.2, 0.25) is 0 Å². The van der Waals surface area contributed by atoms with Gasteiger partial charge in [-0.15, -0.1) is 0 Å². The highest BCUT2D eigenvalue weighted by Crippen LogP contribution is 2.11. The number of nitrogens with one attached hydrogen (secondary N) is 1. The Morgan fingerprint density at radius 3 is 2.63 bits per heavy atom. The fraction of sp³-hybridized carbons (Fsp3) is 0.250. The first-order chi connectivity index (χ1) is 9.34. The van der Waals surface area contributed by atoms with Gasteiger partial charge in [0.05, 0.1) is 6.61 Å². The van der Waals surface area contributed by atoms with Crippen LogP contribution in [0.1, 0.15) is 12.0 Å². The molecule has 0 atom stereocenters. The Morgan fingerprint density at radius 2 is 1.84 bits per heavy atom. The lowest BCUT2D eigenvalue weighted by Gasteiger charge is -2.07. The van der Waals surface area contributed by atoms with Gasteiger partial charge in [-0.05, 0) is 42.8 Å². The summed E-state index contributed by atoms with van der Waals surface area (Å²) in [5.41, 5.74) is 1.29. The first-order valence-electron chi connectivity index (χ1n) is 6.47. The summed E-state index contributed by atoms with van der Waals surface area (Å²) < 4.78 is 6.75. The number of benzene rings is 2. The van der Waals surface area contributed by atoms with E-state index in [4.69, 9.17) is 4.74 Å². The molecule has 0 heterocycles. The van der Waals surface area contributed by atoms with Crippen LogP contribution in [0, 0.1) is 0 Å². The Hall–Kier alpha value is -1.32. The molecule has 0 radical (unpaired) electrons. The van der Waals surface area contributed by atoms with Crippen molar-refractivity contribution in [2.45, 2.75) is 13.0 Å². The second kappa shape index (κ2) is 7.97. The maximum absolute atomic E-state index is 5.63. The minimum absolute atomic E-state index is 0.746. The molecular weight excluding hydrogens is 302 g/mol. The Balaban J connectivity index is 1.58. The number of hydrogen-bond acceptors (Lipinski definition) is 2. The van der Waals surface area contributed by atoms with Crippen molar-refractivity contribution in [3.8, 4) is 5.75 Å². The third-order valence-electron chi connectivity index (χ3n) is 2.73. The van der Waals surface area contributed by atoms with Gasteiger partial charge < -0.3 is 10.1 Å². The SMILES string of the molecule is Brc1cccc(CNCCCOc2ccccc2)c1. The van der Waals surface area contributed by atoms with E-state index in [-0.39, 0.29) is 0 Å². The monoisotopic (exact) mass is 319 g/mol. The van der Waals surface area contributed by atoms with Gasteiger partial charge in [0.25, 0.3) is 0 Å². The highest BCUT2D eigenvalue weighted by molar-refractivity contribution is 9.10. The number of halogens is 1. The summed E-state index contributed by atoms with van der Waals surface area (Å²) in [7, 11) is 0. The number of para-hydroxylation sites is 1. The lowest BCUT2D eigenvalue weighted by atomic mass is 10.2. The van der Waals surface area contributed by atoms with E-state index in [0.717, 1.165) is 36.3 Å². The molecule has 19 heavy (non-hydrogen) atoms. The van der Waals surface area contributed by atoms with Crippen LogP contribution in [0.25, 0.3) is 0 Å². The van der Waals surface area contributed by atoms with Gasteiger partial charge in [0.2, 0.25) is 0 Å². The second-order valence-corrected chi connectivity index (χ2v) is 5.24. The minimum Gasteiger partial charge on any atom is -0.494 e. The van der Waals surface area contributed by atoms with E-state index < -0.39 is 0 Å².